The first kappa shape index (κ1) is 16.2. The first-order valence-electron chi connectivity index (χ1n) is 6.49. The zero-order valence-corrected chi connectivity index (χ0v) is 15.1. The van der Waals surface area contributed by atoms with Crippen molar-refractivity contribution in [1.29, 1.82) is 5.41 Å². The Bertz CT molecular complexity index is 818. The van der Waals surface area contributed by atoms with E-state index in [9.17, 15) is 9.90 Å². The summed E-state index contributed by atoms with van der Waals surface area (Å²) in [6.45, 7) is 0. The summed E-state index contributed by atoms with van der Waals surface area (Å²) in [6, 6.07) is 3.33. The highest BCUT2D eigenvalue weighted by Crippen LogP contribution is 2.42. The molecular formula is C15H11BrN2O3S2. The number of halogens is 1. The van der Waals surface area contributed by atoms with E-state index in [1.165, 1.54) is 18.4 Å². The van der Waals surface area contributed by atoms with Crippen molar-refractivity contribution in [3.8, 4) is 11.5 Å². The molecule has 0 bridgehead atoms. The zero-order valence-electron chi connectivity index (χ0n) is 11.9. The van der Waals surface area contributed by atoms with Crippen LogP contribution in [0, 0.1) is 5.41 Å². The van der Waals surface area contributed by atoms with Crippen LogP contribution in [-0.2, 0) is 4.79 Å². The van der Waals surface area contributed by atoms with Gasteiger partial charge in [-0.1, -0.05) is 11.8 Å². The van der Waals surface area contributed by atoms with E-state index >= 15 is 0 Å². The van der Waals surface area contributed by atoms with Crippen LogP contribution in [0.1, 0.15) is 16.5 Å². The third kappa shape index (κ3) is 3.06. The molecule has 0 saturated carbocycles. The highest BCUT2D eigenvalue weighted by molar-refractivity contribution is 9.10. The van der Waals surface area contributed by atoms with Crippen LogP contribution in [0.25, 0.3) is 6.08 Å². The number of ketones is 1. The average Bonchev–Trinajstić information content (AvgIpc) is 3.12. The molecule has 8 heteroatoms. The van der Waals surface area contributed by atoms with E-state index in [1.54, 1.807) is 29.8 Å². The second-order valence-corrected chi connectivity index (χ2v) is 7.56. The van der Waals surface area contributed by atoms with Crippen molar-refractivity contribution in [3.63, 3.8) is 0 Å². The molecule has 0 unspecified atom stereocenters. The zero-order chi connectivity index (χ0) is 16.6. The van der Waals surface area contributed by atoms with Gasteiger partial charge in [-0.3, -0.25) is 10.2 Å². The fourth-order valence-corrected chi connectivity index (χ4v) is 4.44. The number of thioether (sulfide) groups is 1. The number of nitrogens with one attached hydrogen (secondary N) is 1. The van der Waals surface area contributed by atoms with Gasteiger partial charge < -0.3 is 9.84 Å². The van der Waals surface area contributed by atoms with Gasteiger partial charge in [0.05, 0.1) is 21.5 Å². The lowest BCUT2D eigenvalue weighted by atomic mass is 10.0. The number of allylic oxidation sites excluding steroid dienone is 1. The quantitative estimate of drug-likeness (QED) is 0.745. The molecule has 0 spiro atoms. The molecule has 1 aliphatic rings. The molecule has 1 aromatic heterocycles. The van der Waals surface area contributed by atoms with Crippen LogP contribution >= 0.6 is 39.0 Å². The Morgan fingerprint density at radius 3 is 2.91 bits per heavy atom. The van der Waals surface area contributed by atoms with E-state index in [2.05, 4.69) is 20.9 Å². The van der Waals surface area contributed by atoms with Gasteiger partial charge in [-0.15, -0.1) is 11.3 Å². The maximum Gasteiger partial charge on any atom is 0.186 e. The van der Waals surface area contributed by atoms with Gasteiger partial charge in [-0.2, -0.15) is 0 Å². The number of carbonyl (C=O) groups is 1. The third-order valence-corrected chi connectivity index (χ3v) is 5.69. The van der Waals surface area contributed by atoms with Crippen LogP contribution in [0.2, 0.25) is 0 Å². The molecule has 1 atom stereocenters. The smallest absolute Gasteiger partial charge is 0.186 e. The van der Waals surface area contributed by atoms with E-state index in [0.717, 1.165) is 11.8 Å². The number of phenols is 1. The molecule has 0 radical (unpaired) electrons. The van der Waals surface area contributed by atoms with Crippen LogP contribution < -0.4 is 4.74 Å². The summed E-state index contributed by atoms with van der Waals surface area (Å²) in [6.07, 6.45) is 3.33. The number of nitrogens with zero attached hydrogens (tertiary/aromatic N) is 1. The Kier molecular flexibility index (Phi) is 4.56. The molecule has 0 aliphatic carbocycles. The van der Waals surface area contributed by atoms with Crippen LogP contribution in [0.5, 0.6) is 11.5 Å². The summed E-state index contributed by atoms with van der Waals surface area (Å²) in [5.41, 5.74) is 0.704. The lowest BCUT2D eigenvalue weighted by Gasteiger charge is -2.07. The Hall–Kier alpha value is -1.64. The van der Waals surface area contributed by atoms with Crippen molar-refractivity contribution >= 4 is 55.9 Å². The topological polar surface area (TPSA) is 83.3 Å². The monoisotopic (exact) mass is 410 g/mol. The van der Waals surface area contributed by atoms with Gasteiger partial charge in [0.25, 0.3) is 0 Å². The molecule has 1 aromatic carbocycles. The van der Waals surface area contributed by atoms with Crippen molar-refractivity contribution in [2.75, 3.05) is 7.11 Å². The lowest BCUT2D eigenvalue weighted by molar-refractivity contribution is -0.114. The molecule has 0 amide bonds. The van der Waals surface area contributed by atoms with Gasteiger partial charge in [0.2, 0.25) is 0 Å². The molecule has 3 rings (SSSR count). The Balaban J connectivity index is 1.97. The molecule has 1 aliphatic heterocycles. The molecule has 1 fully saturated rings. The van der Waals surface area contributed by atoms with E-state index in [1.807, 2.05) is 0 Å². The highest BCUT2D eigenvalue weighted by Gasteiger charge is 2.38. The van der Waals surface area contributed by atoms with Gasteiger partial charge in [0.1, 0.15) is 10.9 Å². The SMILES string of the molecule is COc1cc(/C=C2\SC(=N)[C@H](c3nccs3)C2=O)cc(Br)c1O. The number of ether oxygens (including phenoxy) is 1. The van der Waals surface area contributed by atoms with Crippen LogP contribution in [0.4, 0.5) is 0 Å². The summed E-state index contributed by atoms with van der Waals surface area (Å²) in [4.78, 5) is 17.2. The van der Waals surface area contributed by atoms with Crippen LogP contribution in [-0.4, -0.2) is 28.0 Å². The second kappa shape index (κ2) is 6.46. The number of hydrogen-bond acceptors (Lipinski definition) is 7. The molecule has 1 saturated heterocycles. The minimum Gasteiger partial charge on any atom is -0.503 e. The molecule has 23 heavy (non-hydrogen) atoms. The fraction of sp³-hybridized carbons (Fsp3) is 0.133. The summed E-state index contributed by atoms with van der Waals surface area (Å²) in [5, 5.41) is 20.6. The third-order valence-electron chi connectivity index (χ3n) is 3.25. The predicted molar refractivity (Wildman–Crippen MR) is 95.5 cm³/mol. The van der Waals surface area contributed by atoms with Crippen molar-refractivity contribution in [1.82, 2.24) is 4.98 Å². The number of phenolic OH excluding ortho intramolecular Hbond substituents is 1. The van der Waals surface area contributed by atoms with Crippen molar-refractivity contribution in [3.05, 3.63) is 43.7 Å². The normalized spacial score (nSPS) is 19.6. The van der Waals surface area contributed by atoms with Crippen molar-refractivity contribution in [2.24, 2.45) is 0 Å². The molecule has 2 N–H and O–H groups in total. The summed E-state index contributed by atoms with van der Waals surface area (Å²) in [7, 11) is 1.46. The predicted octanol–water partition coefficient (Wildman–Crippen LogP) is 4.04. The average molecular weight is 411 g/mol. The molecule has 2 aromatic rings. The van der Waals surface area contributed by atoms with Crippen molar-refractivity contribution < 1.29 is 14.6 Å². The Morgan fingerprint density at radius 2 is 2.26 bits per heavy atom. The number of aromatic hydroxyl groups is 1. The van der Waals surface area contributed by atoms with E-state index < -0.39 is 5.92 Å². The number of Topliss-reactive ketones (excluding diaryl/α,β-unsaturated/α-hetero) is 1. The van der Waals surface area contributed by atoms with Gasteiger partial charge in [-0.05, 0) is 39.7 Å². The van der Waals surface area contributed by atoms with Gasteiger partial charge in [0.15, 0.2) is 17.3 Å². The molecule has 2 heterocycles. The summed E-state index contributed by atoms with van der Waals surface area (Å²) >= 11 is 5.77. The van der Waals surface area contributed by atoms with Crippen molar-refractivity contribution in [2.45, 2.75) is 5.92 Å². The molecule has 118 valence electrons. The fourth-order valence-electron chi connectivity index (χ4n) is 2.18. The second-order valence-electron chi connectivity index (χ2n) is 4.70. The first-order chi connectivity index (χ1) is 11.0. The number of aromatic nitrogens is 1. The van der Waals surface area contributed by atoms with E-state index in [4.69, 9.17) is 10.1 Å². The standard InChI is InChI=1S/C15H11BrN2O3S2/c1-21-9-5-7(4-8(16)12(9)19)6-10-13(20)11(14(17)23-10)15-18-2-3-22-15/h2-6,11,17,19H,1H3/b10-6-,17-14?/t11-/m1/s1. The maximum atomic E-state index is 12.6. The number of rotatable bonds is 3. The number of benzene rings is 1. The largest absolute Gasteiger partial charge is 0.503 e. The maximum absolute atomic E-state index is 12.6. The highest BCUT2D eigenvalue weighted by atomic mass is 79.9. The minimum atomic E-state index is -0.603. The van der Waals surface area contributed by atoms with Gasteiger partial charge in [-0.25, -0.2) is 4.98 Å². The van der Waals surface area contributed by atoms with Crippen LogP contribution in [0.3, 0.4) is 0 Å². The minimum absolute atomic E-state index is 0.00783. The van der Waals surface area contributed by atoms with Gasteiger partial charge >= 0.3 is 0 Å². The van der Waals surface area contributed by atoms with Gasteiger partial charge in [0, 0.05) is 11.6 Å². The number of methoxy groups -OCH3 is 1. The lowest BCUT2D eigenvalue weighted by Crippen LogP contribution is -2.11. The first-order valence-corrected chi connectivity index (χ1v) is 8.98. The number of hydrogen-bond donors (Lipinski definition) is 2. The summed E-state index contributed by atoms with van der Waals surface area (Å²) < 4.78 is 5.58. The molecular weight excluding hydrogens is 400 g/mol. The van der Waals surface area contributed by atoms with E-state index in [0.29, 0.717) is 25.7 Å². The van der Waals surface area contributed by atoms with Crippen LogP contribution in [0.15, 0.2) is 33.1 Å². The Labute approximate surface area is 149 Å². The Morgan fingerprint density at radius 1 is 1.48 bits per heavy atom. The number of thiazole rings is 1. The number of carbonyl (C=O) groups excluding carboxylic acids is 1. The summed E-state index contributed by atoms with van der Waals surface area (Å²) in [5.74, 6) is -0.409. The van der Waals surface area contributed by atoms with E-state index in [-0.39, 0.29) is 16.6 Å². The molecule has 5 nitrogen and oxygen atoms in total.